The van der Waals surface area contributed by atoms with Crippen LogP contribution in [0.5, 0.6) is 0 Å². The number of halogens is 1. The lowest BCUT2D eigenvalue weighted by Gasteiger charge is -2.33. The van der Waals surface area contributed by atoms with Gasteiger partial charge in [0.2, 0.25) is 0 Å². The van der Waals surface area contributed by atoms with Crippen LogP contribution in [0.25, 0.3) is 0 Å². The van der Waals surface area contributed by atoms with Crippen LogP contribution in [0.1, 0.15) is 6.42 Å². The summed E-state index contributed by atoms with van der Waals surface area (Å²) in [5.41, 5.74) is 0. The Bertz CT molecular complexity index is 559. The number of amides is 1. The minimum atomic E-state index is -1.22. The van der Waals surface area contributed by atoms with E-state index in [0.717, 1.165) is 6.16 Å². The van der Waals surface area contributed by atoms with Crippen molar-refractivity contribution in [2.24, 2.45) is 0 Å². The van der Waals surface area contributed by atoms with E-state index in [2.05, 4.69) is 31.5 Å². The van der Waals surface area contributed by atoms with E-state index in [-0.39, 0.29) is 5.91 Å². The van der Waals surface area contributed by atoms with Crippen LogP contribution in [0, 0.1) is 0 Å². The lowest BCUT2D eigenvalue weighted by atomic mass is 10.1. The Kier molecular flexibility index (Phi) is 5.44. The summed E-state index contributed by atoms with van der Waals surface area (Å²) in [7, 11) is 0. The fraction of sp³-hybridized carbons (Fsp3) is 0.571. The van der Waals surface area contributed by atoms with Gasteiger partial charge in [-0.15, -0.1) is 13.2 Å². The van der Waals surface area contributed by atoms with Crippen molar-refractivity contribution < 1.29 is 19.7 Å². The summed E-state index contributed by atoms with van der Waals surface area (Å²) in [6.07, 6.45) is 4.00. The maximum Gasteiger partial charge on any atom is 0.264 e. The zero-order valence-corrected chi connectivity index (χ0v) is 15.8. The first kappa shape index (κ1) is 18.0. The number of nitrogens with one attached hydrogen (secondary N) is 1. The molecule has 1 unspecified atom stereocenters. The van der Waals surface area contributed by atoms with Gasteiger partial charge in [0.1, 0.15) is 18.0 Å². The highest BCUT2D eigenvalue weighted by Gasteiger charge is 2.46. The third-order valence-corrected chi connectivity index (χ3v) is 5.91. The standard InChI is InChI=1S/C14H22IN2O4P/c1-8-16-13(20)9(15)7-17(8)14-12(19)11(18)10(21-14)5-6-22(2,3)4/h7,10-12,14,18-19H,1-2,5-6H2,3-4H3,(H,16,20)/t10-,11-,12?,14-/m1/s1. The number of aliphatic hydroxyl groups is 2. The molecule has 1 saturated heterocycles. The third kappa shape index (κ3) is 3.94. The smallest absolute Gasteiger partial charge is 0.264 e. The number of nitrogens with zero attached hydrogens (tertiary/aromatic N) is 1. The van der Waals surface area contributed by atoms with E-state index in [1.807, 2.05) is 22.6 Å². The Labute approximate surface area is 144 Å². The van der Waals surface area contributed by atoms with Gasteiger partial charge in [0.25, 0.3) is 5.91 Å². The van der Waals surface area contributed by atoms with E-state index in [4.69, 9.17) is 4.74 Å². The van der Waals surface area contributed by atoms with Gasteiger partial charge in [-0.05, 0) is 48.5 Å². The van der Waals surface area contributed by atoms with Crippen LogP contribution in [-0.4, -0.2) is 71.4 Å². The van der Waals surface area contributed by atoms with Gasteiger partial charge < -0.3 is 25.2 Å². The summed E-state index contributed by atoms with van der Waals surface area (Å²) >= 11 is 1.90. The van der Waals surface area contributed by atoms with Gasteiger partial charge in [-0.1, -0.05) is 6.58 Å². The second-order valence-electron chi connectivity index (χ2n) is 6.28. The SMILES string of the molecule is C=C1NC(=O)C(I)=CN1[C@@H]1O[C@H](CCP(=C)(C)C)[C@@H](O)C1O. The normalized spacial score (nSPS) is 33.0. The molecule has 0 saturated carbocycles. The fourth-order valence-electron chi connectivity index (χ4n) is 2.42. The third-order valence-electron chi connectivity index (χ3n) is 3.67. The largest absolute Gasteiger partial charge is 0.388 e. The number of aliphatic hydroxyl groups excluding tert-OH is 2. The van der Waals surface area contributed by atoms with Crippen molar-refractivity contribution in [3.63, 3.8) is 0 Å². The molecule has 2 aliphatic heterocycles. The fourth-order valence-corrected chi connectivity index (χ4v) is 3.80. The Morgan fingerprint density at radius 3 is 2.68 bits per heavy atom. The van der Waals surface area contributed by atoms with Gasteiger partial charge in [0, 0.05) is 6.20 Å². The van der Waals surface area contributed by atoms with Crippen molar-refractivity contribution in [1.29, 1.82) is 0 Å². The second kappa shape index (κ2) is 6.65. The number of ether oxygens (including phenoxy) is 1. The molecule has 2 heterocycles. The molecule has 124 valence electrons. The van der Waals surface area contributed by atoms with E-state index < -0.39 is 31.4 Å². The zero-order valence-electron chi connectivity index (χ0n) is 12.7. The molecule has 22 heavy (non-hydrogen) atoms. The molecule has 0 radical (unpaired) electrons. The van der Waals surface area contributed by atoms with Gasteiger partial charge in [0.05, 0.1) is 9.68 Å². The molecule has 0 aromatic carbocycles. The maximum absolute atomic E-state index is 11.6. The monoisotopic (exact) mass is 440 g/mol. The van der Waals surface area contributed by atoms with Gasteiger partial charge in [0.15, 0.2) is 6.23 Å². The van der Waals surface area contributed by atoms with Crippen LogP contribution in [0.15, 0.2) is 22.2 Å². The van der Waals surface area contributed by atoms with Crippen molar-refractivity contribution in [3.05, 3.63) is 22.2 Å². The molecule has 0 aliphatic carbocycles. The number of hydrogen-bond donors (Lipinski definition) is 3. The van der Waals surface area contributed by atoms with E-state index in [1.165, 1.54) is 0 Å². The summed E-state index contributed by atoms with van der Waals surface area (Å²) in [6.45, 7) is 6.78. The summed E-state index contributed by atoms with van der Waals surface area (Å²) in [5.74, 6) is 0.0855. The Morgan fingerprint density at radius 1 is 1.45 bits per heavy atom. The highest BCUT2D eigenvalue weighted by molar-refractivity contribution is 14.1. The molecule has 1 amide bonds. The first-order chi connectivity index (χ1) is 10.1. The minimum absolute atomic E-state index is 0.241. The van der Waals surface area contributed by atoms with Crippen molar-refractivity contribution in [2.75, 3.05) is 19.5 Å². The number of carbonyl (C=O) groups excluding carboxylic acids is 1. The predicted octanol–water partition coefficient (Wildman–Crippen LogP) is 0.712. The topological polar surface area (TPSA) is 82.0 Å². The molecule has 4 atom stereocenters. The molecule has 2 aliphatic rings. The van der Waals surface area contributed by atoms with Crippen LogP contribution >= 0.6 is 29.5 Å². The van der Waals surface area contributed by atoms with Crippen LogP contribution < -0.4 is 5.32 Å². The van der Waals surface area contributed by atoms with Crippen LogP contribution in [0.4, 0.5) is 0 Å². The quantitative estimate of drug-likeness (QED) is 0.444. The lowest BCUT2D eigenvalue weighted by molar-refractivity contribution is -0.118. The Morgan fingerprint density at radius 2 is 2.09 bits per heavy atom. The van der Waals surface area contributed by atoms with Gasteiger partial charge >= 0.3 is 0 Å². The molecule has 0 aromatic heterocycles. The molecule has 0 spiro atoms. The number of hydrogen-bond acceptors (Lipinski definition) is 5. The number of carbonyl (C=O) groups is 1. The van der Waals surface area contributed by atoms with E-state index in [0.29, 0.717) is 15.8 Å². The van der Waals surface area contributed by atoms with Crippen LogP contribution in [0.2, 0.25) is 0 Å². The predicted molar refractivity (Wildman–Crippen MR) is 97.3 cm³/mol. The molecular weight excluding hydrogens is 418 g/mol. The molecule has 8 heteroatoms. The Balaban J connectivity index is 2.11. The molecule has 2 rings (SSSR count). The van der Waals surface area contributed by atoms with Crippen LogP contribution in [0.3, 0.4) is 0 Å². The van der Waals surface area contributed by atoms with Crippen molar-refractivity contribution in [1.82, 2.24) is 10.2 Å². The summed E-state index contributed by atoms with van der Waals surface area (Å²) in [5, 5.41) is 23.1. The van der Waals surface area contributed by atoms with E-state index in [1.54, 1.807) is 11.1 Å². The minimum Gasteiger partial charge on any atom is -0.388 e. The van der Waals surface area contributed by atoms with Crippen molar-refractivity contribution >= 4 is 41.7 Å². The summed E-state index contributed by atoms with van der Waals surface area (Å²) in [4.78, 5) is 13.1. The zero-order chi connectivity index (χ0) is 16.7. The van der Waals surface area contributed by atoms with Gasteiger partial charge in [-0.25, -0.2) is 0 Å². The summed E-state index contributed by atoms with van der Waals surface area (Å²) < 4.78 is 6.29. The first-order valence-electron chi connectivity index (χ1n) is 6.95. The molecule has 0 aromatic rings. The molecular formula is C14H22IN2O4P. The molecule has 3 N–H and O–H groups in total. The van der Waals surface area contributed by atoms with Crippen molar-refractivity contribution in [3.8, 4) is 0 Å². The van der Waals surface area contributed by atoms with Gasteiger partial charge in [-0.3, -0.25) is 4.79 Å². The Hall–Kier alpha value is -0.340. The highest BCUT2D eigenvalue weighted by atomic mass is 127. The van der Waals surface area contributed by atoms with E-state index in [9.17, 15) is 15.0 Å². The maximum atomic E-state index is 11.6. The highest BCUT2D eigenvalue weighted by Crippen LogP contribution is 2.38. The number of rotatable bonds is 4. The van der Waals surface area contributed by atoms with Crippen LogP contribution in [-0.2, 0) is 9.53 Å². The molecule has 6 nitrogen and oxygen atoms in total. The first-order valence-corrected chi connectivity index (χ1v) is 11.1. The second-order valence-corrected chi connectivity index (χ2v) is 11.8. The van der Waals surface area contributed by atoms with Gasteiger partial charge in [-0.2, -0.15) is 0 Å². The molecule has 0 bridgehead atoms. The molecule has 1 fully saturated rings. The van der Waals surface area contributed by atoms with E-state index >= 15 is 0 Å². The van der Waals surface area contributed by atoms with Crippen molar-refractivity contribution in [2.45, 2.75) is 31.0 Å². The summed E-state index contributed by atoms with van der Waals surface area (Å²) in [6, 6.07) is 0. The lowest BCUT2D eigenvalue weighted by Crippen LogP contribution is -2.47. The average Bonchev–Trinajstić information content (AvgIpc) is 2.68. The average molecular weight is 440 g/mol.